The number of nitrogens with one attached hydrogen (secondary N) is 1. The lowest BCUT2D eigenvalue weighted by molar-refractivity contribution is -0.121. The van der Waals surface area contributed by atoms with E-state index >= 15 is 0 Å². The molecule has 0 aliphatic rings. The second-order valence-electron chi connectivity index (χ2n) is 2.61. The zero-order valence-corrected chi connectivity index (χ0v) is 7.52. The van der Waals surface area contributed by atoms with Gasteiger partial charge in [-0.1, -0.05) is 0 Å². The second kappa shape index (κ2) is 3.77. The summed E-state index contributed by atoms with van der Waals surface area (Å²) in [6.07, 6.45) is 1.30. The number of aromatic carboxylic acids is 1. The normalized spacial score (nSPS) is 9.79. The average molecular weight is 198 g/mol. The molecule has 7 heteroatoms. The molecule has 0 unspecified atom stereocenters. The van der Waals surface area contributed by atoms with E-state index in [1.807, 2.05) is 0 Å². The van der Waals surface area contributed by atoms with Gasteiger partial charge in [0.05, 0.1) is 5.69 Å². The van der Waals surface area contributed by atoms with Crippen LogP contribution in [0.5, 0.6) is 0 Å². The highest BCUT2D eigenvalue weighted by Crippen LogP contribution is 2.08. The van der Waals surface area contributed by atoms with Gasteiger partial charge >= 0.3 is 5.97 Å². The lowest BCUT2D eigenvalue weighted by Gasteiger charge is -1.98. The molecule has 4 N–H and O–H groups in total. The summed E-state index contributed by atoms with van der Waals surface area (Å²) in [5.74, 6) is -1.48. The number of anilines is 1. The molecule has 14 heavy (non-hydrogen) atoms. The first kappa shape index (κ1) is 10.0. The largest absolute Gasteiger partial charge is 0.476 e. The molecule has 0 aliphatic heterocycles. The number of rotatable bonds is 3. The van der Waals surface area contributed by atoms with Crippen LogP contribution in [-0.4, -0.2) is 33.8 Å². The fourth-order valence-corrected chi connectivity index (χ4v) is 0.910. The van der Waals surface area contributed by atoms with E-state index < -0.39 is 5.97 Å². The smallest absolute Gasteiger partial charge is 0.358 e. The SMILES string of the molecule is CNC(=O)Cn1cc(N)c(C(=O)O)n1. The number of amides is 1. The Hall–Kier alpha value is -2.05. The summed E-state index contributed by atoms with van der Waals surface area (Å²) in [6, 6.07) is 0. The number of carbonyl (C=O) groups excluding carboxylic acids is 1. The Morgan fingerprint density at radius 3 is 2.79 bits per heavy atom. The summed E-state index contributed by atoms with van der Waals surface area (Å²) in [6.45, 7) is -0.0476. The van der Waals surface area contributed by atoms with E-state index in [-0.39, 0.29) is 23.8 Å². The summed E-state index contributed by atoms with van der Waals surface area (Å²) < 4.78 is 1.18. The highest BCUT2D eigenvalue weighted by Gasteiger charge is 2.13. The number of nitrogens with two attached hydrogens (primary N) is 1. The maximum absolute atomic E-state index is 10.9. The molecular weight excluding hydrogens is 188 g/mol. The van der Waals surface area contributed by atoms with Gasteiger partial charge in [-0.25, -0.2) is 4.79 Å². The van der Waals surface area contributed by atoms with E-state index in [9.17, 15) is 9.59 Å². The summed E-state index contributed by atoms with van der Waals surface area (Å²) in [5, 5.41) is 14.6. The van der Waals surface area contributed by atoms with E-state index in [0.29, 0.717) is 0 Å². The number of carboxylic acids is 1. The summed E-state index contributed by atoms with van der Waals surface area (Å²) in [5.41, 5.74) is 5.16. The summed E-state index contributed by atoms with van der Waals surface area (Å²) in [7, 11) is 1.48. The van der Waals surface area contributed by atoms with E-state index in [4.69, 9.17) is 10.8 Å². The number of likely N-dealkylation sites (N-methyl/N-ethyl adjacent to an activating group) is 1. The van der Waals surface area contributed by atoms with Gasteiger partial charge in [-0.3, -0.25) is 9.48 Å². The maximum atomic E-state index is 10.9. The quantitative estimate of drug-likeness (QED) is 0.571. The first-order chi connectivity index (χ1) is 6.54. The van der Waals surface area contributed by atoms with Crippen molar-refractivity contribution in [1.82, 2.24) is 15.1 Å². The van der Waals surface area contributed by atoms with E-state index in [1.165, 1.54) is 17.9 Å². The van der Waals surface area contributed by atoms with Gasteiger partial charge in [0.25, 0.3) is 0 Å². The molecule has 1 aromatic rings. The molecule has 7 nitrogen and oxygen atoms in total. The van der Waals surface area contributed by atoms with Gasteiger partial charge in [0.1, 0.15) is 6.54 Å². The Kier molecular flexibility index (Phi) is 2.70. The van der Waals surface area contributed by atoms with Crippen LogP contribution in [0.1, 0.15) is 10.5 Å². The number of nitrogens with zero attached hydrogens (tertiary/aromatic N) is 2. The molecular formula is C7H10N4O3. The average Bonchev–Trinajstić information content (AvgIpc) is 2.46. The number of aromatic nitrogens is 2. The third-order valence-corrected chi connectivity index (χ3v) is 1.58. The van der Waals surface area contributed by atoms with Crippen molar-refractivity contribution < 1.29 is 14.7 Å². The third-order valence-electron chi connectivity index (χ3n) is 1.58. The minimum absolute atomic E-state index is 0.0430. The maximum Gasteiger partial charge on any atom is 0.358 e. The zero-order valence-electron chi connectivity index (χ0n) is 7.52. The van der Waals surface area contributed by atoms with Gasteiger partial charge in [-0.2, -0.15) is 5.10 Å². The van der Waals surface area contributed by atoms with Gasteiger partial charge in [0.2, 0.25) is 5.91 Å². The molecule has 0 saturated carbocycles. The van der Waals surface area contributed by atoms with Crippen LogP contribution < -0.4 is 11.1 Å². The Balaban J connectivity index is 2.86. The van der Waals surface area contributed by atoms with Crippen molar-refractivity contribution in [2.75, 3.05) is 12.8 Å². The van der Waals surface area contributed by atoms with Crippen LogP contribution in [0.25, 0.3) is 0 Å². The minimum Gasteiger partial charge on any atom is -0.476 e. The van der Waals surface area contributed by atoms with Crippen molar-refractivity contribution in [2.24, 2.45) is 0 Å². The van der Waals surface area contributed by atoms with Gasteiger partial charge < -0.3 is 16.2 Å². The van der Waals surface area contributed by atoms with Crippen LogP contribution >= 0.6 is 0 Å². The minimum atomic E-state index is -1.21. The van der Waals surface area contributed by atoms with Crippen molar-refractivity contribution >= 4 is 17.6 Å². The Bertz CT molecular complexity index is 371. The van der Waals surface area contributed by atoms with Gasteiger partial charge in [0.15, 0.2) is 5.69 Å². The van der Waals surface area contributed by atoms with Crippen LogP contribution in [0.3, 0.4) is 0 Å². The molecule has 1 aromatic heterocycles. The topological polar surface area (TPSA) is 110 Å². The molecule has 1 amide bonds. The molecule has 1 rings (SSSR count). The third kappa shape index (κ3) is 2.00. The lowest BCUT2D eigenvalue weighted by Crippen LogP contribution is -2.23. The monoisotopic (exact) mass is 198 g/mol. The number of nitrogen functional groups attached to an aromatic ring is 1. The van der Waals surface area contributed by atoms with Crippen molar-refractivity contribution in [3.05, 3.63) is 11.9 Å². The van der Waals surface area contributed by atoms with E-state index in [1.54, 1.807) is 0 Å². The highest BCUT2D eigenvalue weighted by molar-refractivity contribution is 5.91. The van der Waals surface area contributed by atoms with Crippen LogP contribution in [0.2, 0.25) is 0 Å². The molecule has 76 valence electrons. The second-order valence-corrected chi connectivity index (χ2v) is 2.61. The molecule has 0 spiro atoms. The first-order valence-electron chi connectivity index (χ1n) is 3.81. The number of carboxylic acid groups (broad SMARTS) is 1. The van der Waals surface area contributed by atoms with Crippen LogP contribution in [-0.2, 0) is 11.3 Å². The Morgan fingerprint density at radius 2 is 2.36 bits per heavy atom. The lowest BCUT2D eigenvalue weighted by atomic mass is 10.4. The fraction of sp³-hybridized carbons (Fsp3) is 0.286. The summed E-state index contributed by atoms with van der Waals surface area (Å²) >= 11 is 0. The Morgan fingerprint density at radius 1 is 1.71 bits per heavy atom. The zero-order chi connectivity index (χ0) is 10.7. The van der Waals surface area contributed by atoms with Gasteiger partial charge in [0, 0.05) is 13.2 Å². The molecule has 0 radical (unpaired) electrons. The van der Waals surface area contributed by atoms with Gasteiger partial charge in [-0.05, 0) is 0 Å². The number of hydrogen-bond donors (Lipinski definition) is 3. The fourth-order valence-electron chi connectivity index (χ4n) is 0.910. The van der Waals surface area contributed by atoms with Crippen molar-refractivity contribution in [3.63, 3.8) is 0 Å². The molecule has 0 atom stereocenters. The van der Waals surface area contributed by atoms with Crippen LogP contribution in [0, 0.1) is 0 Å². The molecule has 0 aromatic carbocycles. The number of hydrogen-bond acceptors (Lipinski definition) is 4. The van der Waals surface area contributed by atoms with E-state index in [2.05, 4.69) is 10.4 Å². The van der Waals surface area contributed by atoms with Crippen molar-refractivity contribution in [2.45, 2.75) is 6.54 Å². The standard InChI is InChI=1S/C7H10N4O3/c1-9-5(12)3-11-2-4(8)6(10-11)7(13)14/h2H,3,8H2,1H3,(H,9,12)(H,13,14). The van der Waals surface area contributed by atoms with Gasteiger partial charge in [-0.15, -0.1) is 0 Å². The highest BCUT2D eigenvalue weighted by atomic mass is 16.4. The Labute approximate surface area is 79.5 Å². The van der Waals surface area contributed by atoms with Crippen LogP contribution in [0.4, 0.5) is 5.69 Å². The summed E-state index contributed by atoms with van der Waals surface area (Å²) in [4.78, 5) is 21.4. The van der Waals surface area contributed by atoms with E-state index in [0.717, 1.165) is 0 Å². The molecule has 0 bridgehead atoms. The van der Waals surface area contributed by atoms with Crippen molar-refractivity contribution in [1.29, 1.82) is 0 Å². The molecule has 1 heterocycles. The van der Waals surface area contributed by atoms with Crippen molar-refractivity contribution in [3.8, 4) is 0 Å². The first-order valence-corrected chi connectivity index (χ1v) is 3.81. The predicted molar refractivity (Wildman–Crippen MR) is 47.7 cm³/mol. The van der Waals surface area contributed by atoms with Crippen LogP contribution in [0.15, 0.2) is 6.20 Å². The molecule has 0 aliphatic carbocycles. The predicted octanol–water partition coefficient (Wildman–Crippen LogP) is -1.09. The number of carbonyl (C=O) groups is 2. The molecule has 0 fully saturated rings. The molecule has 0 saturated heterocycles.